The van der Waals surface area contributed by atoms with Crippen LogP contribution in [0, 0.1) is 11.3 Å². The van der Waals surface area contributed by atoms with Gasteiger partial charge < -0.3 is 16.4 Å². The highest BCUT2D eigenvalue weighted by Crippen LogP contribution is 2.24. The Kier molecular flexibility index (Phi) is 2.47. The lowest BCUT2D eigenvalue weighted by Crippen LogP contribution is -2.43. The molecule has 6 nitrogen and oxygen atoms in total. The molecule has 2 rings (SSSR count). The average molecular weight is 206 g/mol. The molecular formula is C9H14N6. The number of piperidine rings is 1. The summed E-state index contributed by atoms with van der Waals surface area (Å²) in [6.07, 6.45) is 2.05. The number of nitrogens with one attached hydrogen (secondary N) is 1. The molecule has 0 aliphatic carbocycles. The minimum atomic E-state index is 0.156. The van der Waals surface area contributed by atoms with E-state index >= 15 is 0 Å². The van der Waals surface area contributed by atoms with Crippen LogP contribution in [0.25, 0.3) is 0 Å². The molecule has 0 saturated carbocycles. The molecule has 0 bridgehead atoms. The normalized spacial score (nSPS) is 21.3. The van der Waals surface area contributed by atoms with Gasteiger partial charge in [-0.25, -0.2) is 0 Å². The molecule has 15 heavy (non-hydrogen) atoms. The summed E-state index contributed by atoms with van der Waals surface area (Å²) in [5, 5.41) is 15.6. The second-order valence-corrected chi connectivity index (χ2v) is 3.80. The van der Waals surface area contributed by atoms with Gasteiger partial charge in [-0.15, -0.1) is 0 Å². The van der Waals surface area contributed by atoms with E-state index in [2.05, 4.69) is 16.3 Å². The van der Waals surface area contributed by atoms with Gasteiger partial charge >= 0.3 is 0 Å². The van der Waals surface area contributed by atoms with Crippen LogP contribution in [0.15, 0.2) is 0 Å². The van der Waals surface area contributed by atoms with Crippen molar-refractivity contribution in [2.75, 3.05) is 23.7 Å². The molecule has 1 aromatic rings. The van der Waals surface area contributed by atoms with E-state index < -0.39 is 0 Å². The zero-order valence-electron chi connectivity index (χ0n) is 8.40. The molecule has 1 aliphatic rings. The number of aromatic nitrogens is 2. The molecule has 1 aliphatic heterocycles. The topological polar surface area (TPSA) is 108 Å². The van der Waals surface area contributed by atoms with Crippen molar-refractivity contribution in [3.05, 3.63) is 5.56 Å². The van der Waals surface area contributed by atoms with Crippen LogP contribution in [0.3, 0.4) is 0 Å². The van der Waals surface area contributed by atoms with Gasteiger partial charge in [0.05, 0.1) is 0 Å². The van der Waals surface area contributed by atoms with Crippen LogP contribution >= 0.6 is 0 Å². The molecule has 1 aromatic heterocycles. The SMILES string of the molecule is N#Cc1c(N2CCCC(N)C2)n[nH]c1N. The number of hydrogen-bond acceptors (Lipinski definition) is 5. The summed E-state index contributed by atoms with van der Waals surface area (Å²) in [7, 11) is 0. The number of nitrogens with two attached hydrogens (primary N) is 2. The van der Waals surface area contributed by atoms with Gasteiger partial charge in [0.1, 0.15) is 17.5 Å². The highest BCUT2D eigenvalue weighted by Gasteiger charge is 2.22. The first-order valence-corrected chi connectivity index (χ1v) is 4.97. The van der Waals surface area contributed by atoms with Crippen LogP contribution in [0.1, 0.15) is 18.4 Å². The highest BCUT2D eigenvalue weighted by atomic mass is 15.3. The smallest absolute Gasteiger partial charge is 0.170 e. The predicted octanol–water partition coefficient (Wildman–Crippen LogP) is -0.209. The maximum atomic E-state index is 8.94. The van der Waals surface area contributed by atoms with Gasteiger partial charge in [0, 0.05) is 19.1 Å². The van der Waals surface area contributed by atoms with E-state index in [1.807, 2.05) is 4.90 Å². The average Bonchev–Trinajstić information content (AvgIpc) is 2.59. The third-order valence-electron chi connectivity index (χ3n) is 2.64. The van der Waals surface area contributed by atoms with Crippen molar-refractivity contribution in [2.45, 2.75) is 18.9 Å². The third-order valence-corrected chi connectivity index (χ3v) is 2.64. The molecule has 5 N–H and O–H groups in total. The monoisotopic (exact) mass is 206 g/mol. The molecular weight excluding hydrogens is 192 g/mol. The zero-order valence-corrected chi connectivity index (χ0v) is 8.40. The van der Waals surface area contributed by atoms with Crippen molar-refractivity contribution < 1.29 is 0 Å². The van der Waals surface area contributed by atoms with Gasteiger partial charge in [0.25, 0.3) is 0 Å². The van der Waals surface area contributed by atoms with Crippen molar-refractivity contribution in [1.29, 1.82) is 5.26 Å². The lowest BCUT2D eigenvalue weighted by atomic mass is 10.1. The number of hydrogen-bond donors (Lipinski definition) is 3. The molecule has 1 fully saturated rings. The Hall–Kier alpha value is -1.74. The van der Waals surface area contributed by atoms with Crippen molar-refractivity contribution >= 4 is 11.6 Å². The summed E-state index contributed by atoms with van der Waals surface area (Å²) < 4.78 is 0. The molecule has 1 atom stereocenters. The highest BCUT2D eigenvalue weighted by molar-refractivity contribution is 5.64. The summed E-state index contributed by atoms with van der Waals surface area (Å²) in [5.74, 6) is 0.955. The Morgan fingerprint density at radius 2 is 2.40 bits per heavy atom. The van der Waals surface area contributed by atoms with E-state index in [0.29, 0.717) is 17.2 Å². The number of aromatic amines is 1. The molecule has 0 spiro atoms. The first kappa shape index (κ1) is 9.80. The maximum Gasteiger partial charge on any atom is 0.170 e. The number of H-pyrrole nitrogens is 1. The number of anilines is 2. The molecule has 80 valence electrons. The second kappa shape index (κ2) is 3.79. The van der Waals surface area contributed by atoms with Crippen LogP contribution in [0.5, 0.6) is 0 Å². The van der Waals surface area contributed by atoms with Gasteiger partial charge in [-0.05, 0) is 12.8 Å². The van der Waals surface area contributed by atoms with Crippen LogP contribution in [-0.2, 0) is 0 Å². The summed E-state index contributed by atoms with van der Waals surface area (Å²) in [6, 6.07) is 2.21. The van der Waals surface area contributed by atoms with E-state index in [1.54, 1.807) is 0 Å². The number of rotatable bonds is 1. The Labute approximate surface area is 87.8 Å². The van der Waals surface area contributed by atoms with Crippen LogP contribution in [0.2, 0.25) is 0 Å². The lowest BCUT2D eigenvalue weighted by molar-refractivity contribution is 0.503. The fourth-order valence-electron chi connectivity index (χ4n) is 1.89. The first-order valence-electron chi connectivity index (χ1n) is 4.97. The van der Waals surface area contributed by atoms with E-state index in [9.17, 15) is 0 Å². The lowest BCUT2D eigenvalue weighted by Gasteiger charge is -2.30. The van der Waals surface area contributed by atoms with Gasteiger partial charge in [-0.2, -0.15) is 10.4 Å². The van der Waals surface area contributed by atoms with E-state index in [0.717, 1.165) is 25.9 Å². The number of nitrogen functional groups attached to an aromatic ring is 1. The van der Waals surface area contributed by atoms with Crippen LogP contribution < -0.4 is 16.4 Å². The molecule has 6 heteroatoms. The number of nitriles is 1. The van der Waals surface area contributed by atoms with Crippen molar-refractivity contribution in [3.63, 3.8) is 0 Å². The fraction of sp³-hybridized carbons (Fsp3) is 0.556. The predicted molar refractivity (Wildman–Crippen MR) is 57.1 cm³/mol. The Bertz CT molecular complexity index is 390. The minimum Gasteiger partial charge on any atom is -0.383 e. The van der Waals surface area contributed by atoms with Crippen molar-refractivity contribution in [1.82, 2.24) is 10.2 Å². The number of nitrogens with zero attached hydrogens (tertiary/aromatic N) is 3. The van der Waals surface area contributed by atoms with Gasteiger partial charge in [-0.3, -0.25) is 5.10 Å². The first-order chi connectivity index (χ1) is 7.22. The van der Waals surface area contributed by atoms with Crippen LogP contribution in [0.4, 0.5) is 11.6 Å². The van der Waals surface area contributed by atoms with Crippen molar-refractivity contribution in [3.8, 4) is 6.07 Å². The zero-order chi connectivity index (χ0) is 10.8. The van der Waals surface area contributed by atoms with Crippen LogP contribution in [-0.4, -0.2) is 29.3 Å². The van der Waals surface area contributed by atoms with Gasteiger partial charge in [-0.1, -0.05) is 0 Å². The second-order valence-electron chi connectivity index (χ2n) is 3.80. The quantitative estimate of drug-likeness (QED) is 0.589. The largest absolute Gasteiger partial charge is 0.383 e. The standard InChI is InChI=1S/C9H14N6/c10-4-7-8(12)13-14-9(7)15-3-1-2-6(11)5-15/h6H,1-3,5,11H2,(H3,12,13,14). The van der Waals surface area contributed by atoms with E-state index in [-0.39, 0.29) is 6.04 Å². The van der Waals surface area contributed by atoms with Crippen molar-refractivity contribution in [2.24, 2.45) is 5.73 Å². The summed E-state index contributed by atoms with van der Waals surface area (Å²) in [4.78, 5) is 2.01. The Morgan fingerprint density at radius 1 is 1.60 bits per heavy atom. The Balaban J connectivity index is 2.25. The summed E-state index contributed by atoms with van der Waals surface area (Å²) in [5.41, 5.74) is 11.9. The summed E-state index contributed by atoms with van der Waals surface area (Å²) >= 11 is 0. The molecule has 1 saturated heterocycles. The molecule has 0 amide bonds. The van der Waals surface area contributed by atoms with E-state index in [1.165, 1.54) is 0 Å². The molecule has 2 heterocycles. The Morgan fingerprint density at radius 3 is 3.07 bits per heavy atom. The third kappa shape index (κ3) is 1.74. The molecule has 1 unspecified atom stereocenters. The molecule has 0 aromatic carbocycles. The fourth-order valence-corrected chi connectivity index (χ4v) is 1.89. The minimum absolute atomic E-state index is 0.156. The molecule has 0 radical (unpaired) electrons. The summed E-state index contributed by atoms with van der Waals surface area (Å²) in [6.45, 7) is 1.62. The van der Waals surface area contributed by atoms with Gasteiger partial charge in [0.15, 0.2) is 5.82 Å². The maximum absolute atomic E-state index is 8.94. The van der Waals surface area contributed by atoms with Gasteiger partial charge in [0.2, 0.25) is 0 Å². The van der Waals surface area contributed by atoms with E-state index in [4.69, 9.17) is 16.7 Å².